The maximum absolute atomic E-state index is 12.8. The summed E-state index contributed by atoms with van der Waals surface area (Å²) in [5.74, 6) is 1.02. The number of anilines is 1. The highest BCUT2D eigenvalue weighted by Crippen LogP contribution is 2.30. The van der Waals surface area contributed by atoms with E-state index in [1.807, 2.05) is 4.90 Å². The number of aromatic nitrogens is 2. The Morgan fingerprint density at radius 3 is 2.52 bits per heavy atom. The maximum atomic E-state index is 12.8. The predicted octanol–water partition coefficient (Wildman–Crippen LogP) is 4.05. The Hall–Kier alpha value is -3.66. The Balaban J connectivity index is 1.38. The number of nitrogens with zero attached hydrogens (tertiary/aromatic N) is 3. The number of alkyl halides is 3. The zero-order valence-corrected chi connectivity index (χ0v) is 17.5. The van der Waals surface area contributed by atoms with Crippen molar-refractivity contribution in [2.24, 2.45) is 0 Å². The average Bonchev–Trinajstić information content (AvgIpc) is 2.83. The number of hydrogen-bond acceptors (Lipinski definition) is 6. The number of amides is 1. The molecule has 2 heterocycles. The number of carbonyl (C=O) groups excluding carboxylic acids is 1. The van der Waals surface area contributed by atoms with Gasteiger partial charge in [-0.25, -0.2) is 9.97 Å². The van der Waals surface area contributed by atoms with Crippen molar-refractivity contribution in [1.29, 1.82) is 0 Å². The molecule has 10 heteroatoms. The van der Waals surface area contributed by atoms with Crippen molar-refractivity contribution in [3.63, 3.8) is 0 Å². The molecule has 1 aliphatic heterocycles. The van der Waals surface area contributed by atoms with Gasteiger partial charge in [0.2, 0.25) is 0 Å². The molecule has 0 unspecified atom stereocenters. The fraction of sp³-hybridized carbons (Fsp3) is 0.261. The quantitative estimate of drug-likeness (QED) is 0.601. The molecule has 3 aromatic rings. The number of rotatable bonds is 6. The second-order valence-electron chi connectivity index (χ2n) is 7.29. The van der Waals surface area contributed by atoms with Crippen molar-refractivity contribution in [2.45, 2.75) is 12.7 Å². The van der Waals surface area contributed by atoms with E-state index in [0.29, 0.717) is 54.9 Å². The van der Waals surface area contributed by atoms with Crippen LogP contribution in [0.3, 0.4) is 0 Å². The van der Waals surface area contributed by atoms with Crippen LogP contribution in [0.4, 0.5) is 19.0 Å². The van der Waals surface area contributed by atoms with Crippen LogP contribution >= 0.6 is 0 Å². The predicted molar refractivity (Wildman–Crippen MR) is 114 cm³/mol. The third kappa shape index (κ3) is 5.78. The zero-order chi connectivity index (χ0) is 23.3. The van der Waals surface area contributed by atoms with Gasteiger partial charge in [-0.3, -0.25) is 4.79 Å². The summed E-state index contributed by atoms with van der Waals surface area (Å²) < 4.78 is 49.8. The van der Waals surface area contributed by atoms with Gasteiger partial charge >= 0.3 is 6.18 Å². The number of hydrogen-bond donors (Lipinski definition) is 1. The van der Waals surface area contributed by atoms with E-state index in [9.17, 15) is 18.0 Å². The molecule has 7 nitrogen and oxygen atoms in total. The van der Waals surface area contributed by atoms with Crippen LogP contribution in [0.2, 0.25) is 0 Å². The van der Waals surface area contributed by atoms with Gasteiger partial charge in [-0.15, -0.1) is 0 Å². The number of morpholine rings is 1. The lowest BCUT2D eigenvalue weighted by molar-refractivity contribution is -0.137. The zero-order valence-electron chi connectivity index (χ0n) is 17.5. The topological polar surface area (TPSA) is 76.6 Å². The summed E-state index contributed by atoms with van der Waals surface area (Å²) in [5.41, 5.74) is -0.0468. The second-order valence-corrected chi connectivity index (χ2v) is 7.29. The minimum atomic E-state index is -4.43. The molecule has 4 rings (SSSR count). The van der Waals surface area contributed by atoms with E-state index >= 15 is 0 Å². The molecule has 0 aliphatic carbocycles. The molecule has 0 atom stereocenters. The summed E-state index contributed by atoms with van der Waals surface area (Å²) in [6, 6.07) is 11.2. The van der Waals surface area contributed by atoms with Crippen LogP contribution in [0.25, 0.3) is 0 Å². The summed E-state index contributed by atoms with van der Waals surface area (Å²) in [5, 5.41) is 2.63. The molecule has 1 aliphatic rings. The van der Waals surface area contributed by atoms with Crippen LogP contribution < -0.4 is 15.0 Å². The maximum Gasteiger partial charge on any atom is 0.416 e. The molecule has 1 aromatic heterocycles. The SMILES string of the molecule is O=C(NCc1cccc(C(F)(F)F)c1)c1ccc(Oc2nccnc2N2CCOCC2)cc1. The molecule has 1 saturated heterocycles. The van der Waals surface area contributed by atoms with Gasteiger partial charge in [-0.05, 0) is 42.0 Å². The first-order chi connectivity index (χ1) is 15.9. The van der Waals surface area contributed by atoms with Crippen molar-refractivity contribution in [3.8, 4) is 11.6 Å². The highest BCUT2D eigenvalue weighted by atomic mass is 19.4. The molecule has 0 bridgehead atoms. The molecule has 0 spiro atoms. The average molecular weight is 458 g/mol. The Morgan fingerprint density at radius 2 is 1.79 bits per heavy atom. The molecule has 33 heavy (non-hydrogen) atoms. The summed E-state index contributed by atoms with van der Waals surface area (Å²) in [7, 11) is 0. The van der Waals surface area contributed by atoms with E-state index in [-0.39, 0.29) is 6.54 Å². The van der Waals surface area contributed by atoms with Crippen LogP contribution in [0.5, 0.6) is 11.6 Å². The molecule has 0 saturated carbocycles. The van der Waals surface area contributed by atoms with Gasteiger partial charge in [-0.2, -0.15) is 13.2 Å². The van der Waals surface area contributed by atoms with Gasteiger partial charge in [0.05, 0.1) is 18.8 Å². The van der Waals surface area contributed by atoms with Gasteiger partial charge in [0, 0.05) is 37.6 Å². The molecule has 1 fully saturated rings. The highest BCUT2D eigenvalue weighted by molar-refractivity contribution is 5.94. The Morgan fingerprint density at radius 1 is 1.06 bits per heavy atom. The van der Waals surface area contributed by atoms with Crippen LogP contribution in [-0.4, -0.2) is 42.2 Å². The highest BCUT2D eigenvalue weighted by Gasteiger charge is 2.30. The van der Waals surface area contributed by atoms with Crippen molar-refractivity contribution in [3.05, 3.63) is 77.6 Å². The van der Waals surface area contributed by atoms with Crippen molar-refractivity contribution in [1.82, 2.24) is 15.3 Å². The van der Waals surface area contributed by atoms with E-state index in [1.165, 1.54) is 18.3 Å². The van der Waals surface area contributed by atoms with E-state index in [2.05, 4.69) is 15.3 Å². The van der Waals surface area contributed by atoms with Gasteiger partial charge < -0.3 is 19.7 Å². The standard InChI is InChI=1S/C23H21F3N4O3/c24-23(25,26)18-3-1-2-16(14-18)15-29-21(31)17-4-6-19(7-5-17)33-22-20(27-8-9-28-22)30-10-12-32-13-11-30/h1-9,14H,10-13,15H2,(H,29,31). The van der Waals surface area contributed by atoms with Crippen molar-refractivity contribution < 1.29 is 27.4 Å². The molecule has 1 N–H and O–H groups in total. The largest absolute Gasteiger partial charge is 0.436 e. The fourth-order valence-electron chi connectivity index (χ4n) is 3.31. The number of nitrogens with one attached hydrogen (secondary N) is 1. The fourth-order valence-corrected chi connectivity index (χ4v) is 3.31. The molecule has 1 amide bonds. The van der Waals surface area contributed by atoms with Crippen LogP contribution in [-0.2, 0) is 17.5 Å². The minimum Gasteiger partial charge on any atom is -0.436 e. The van der Waals surface area contributed by atoms with Crippen molar-refractivity contribution >= 4 is 11.7 Å². The summed E-state index contributed by atoms with van der Waals surface area (Å²) >= 11 is 0. The van der Waals surface area contributed by atoms with E-state index in [1.54, 1.807) is 30.5 Å². The third-order valence-electron chi connectivity index (χ3n) is 5.00. The summed E-state index contributed by atoms with van der Waals surface area (Å²) in [6.07, 6.45) is -1.30. The molecule has 172 valence electrons. The minimum absolute atomic E-state index is 0.0243. The van der Waals surface area contributed by atoms with Crippen LogP contribution in [0, 0.1) is 0 Å². The van der Waals surface area contributed by atoms with Crippen LogP contribution in [0.15, 0.2) is 60.9 Å². The van der Waals surface area contributed by atoms with Gasteiger partial charge in [-0.1, -0.05) is 12.1 Å². The van der Waals surface area contributed by atoms with Crippen molar-refractivity contribution in [2.75, 3.05) is 31.2 Å². The van der Waals surface area contributed by atoms with Crippen LogP contribution in [0.1, 0.15) is 21.5 Å². The normalized spacial score (nSPS) is 14.1. The Bertz CT molecular complexity index is 1100. The summed E-state index contributed by atoms with van der Waals surface area (Å²) in [4.78, 5) is 23.1. The van der Waals surface area contributed by atoms with Gasteiger partial charge in [0.25, 0.3) is 11.8 Å². The monoisotopic (exact) mass is 458 g/mol. The molecular weight excluding hydrogens is 437 g/mol. The van der Waals surface area contributed by atoms with E-state index in [0.717, 1.165) is 12.1 Å². The Kier molecular flexibility index (Phi) is 6.74. The Labute approximate surface area is 188 Å². The van der Waals surface area contributed by atoms with Gasteiger partial charge in [0.1, 0.15) is 5.75 Å². The lowest BCUT2D eigenvalue weighted by Gasteiger charge is -2.28. The molecular formula is C23H21F3N4O3. The van der Waals surface area contributed by atoms with E-state index < -0.39 is 17.6 Å². The lowest BCUT2D eigenvalue weighted by atomic mass is 10.1. The van der Waals surface area contributed by atoms with E-state index in [4.69, 9.17) is 9.47 Å². The number of halogens is 3. The lowest BCUT2D eigenvalue weighted by Crippen LogP contribution is -2.37. The molecule has 2 aromatic carbocycles. The number of ether oxygens (including phenoxy) is 2. The summed E-state index contributed by atoms with van der Waals surface area (Å²) in [6.45, 7) is 2.53. The second kappa shape index (κ2) is 9.86. The number of carbonyl (C=O) groups is 1. The van der Waals surface area contributed by atoms with Gasteiger partial charge in [0.15, 0.2) is 5.82 Å². The molecule has 0 radical (unpaired) electrons. The first kappa shape index (κ1) is 22.5. The number of benzene rings is 2. The smallest absolute Gasteiger partial charge is 0.416 e. The first-order valence-corrected chi connectivity index (χ1v) is 10.3. The first-order valence-electron chi connectivity index (χ1n) is 10.3. The third-order valence-corrected chi connectivity index (χ3v) is 5.00.